The van der Waals surface area contributed by atoms with Crippen molar-refractivity contribution in [2.45, 2.75) is 57.9 Å². The maximum absolute atomic E-state index is 13.9. The van der Waals surface area contributed by atoms with E-state index in [0.29, 0.717) is 43.3 Å². The number of nitrogens with zero attached hydrogens (tertiary/aromatic N) is 3. The SMILES string of the molecule is Cc1cc(N2CCOCC2=O)ccc1-c1ccc(C2CC2)c(N2CC[C@H](C(=O)N=C(N)c3ccc(OC(F)(F)F)cc3-c3ccc(F)s3)C[C@@H]2C)c1. The largest absolute Gasteiger partial charge is 0.573 e. The number of ether oxygens (including phenoxy) is 2. The lowest BCUT2D eigenvalue weighted by Crippen LogP contribution is -2.43. The van der Waals surface area contributed by atoms with Crippen LogP contribution in [-0.2, 0) is 14.3 Å². The number of anilines is 2. The number of alkyl halides is 3. The summed E-state index contributed by atoms with van der Waals surface area (Å²) >= 11 is 0.736. The summed E-state index contributed by atoms with van der Waals surface area (Å²) in [5.41, 5.74) is 13.2. The Bertz CT molecular complexity index is 2040. The van der Waals surface area contributed by atoms with Crippen molar-refractivity contribution >= 4 is 40.4 Å². The second-order valence-electron chi connectivity index (χ2n) is 13.6. The molecule has 0 radical (unpaired) electrons. The molecule has 3 aliphatic rings. The number of benzene rings is 3. The number of nitrogens with two attached hydrogens (primary N) is 1. The monoisotopic (exact) mass is 734 g/mol. The van der Waals surface area contributed by atoms with E-state index in [9.17, 15) is 27.2 Å². The van der Waals surface area contributed by atoms with Gasteiger partial charge in [-0.15, -0.1) is 24.5 Å². The third kappa shape index (κ3) is 7.70. The first-order chi connectivity index (χ1) is 24.8. The van der Waals surface area contributed by atoms with Crippen LogP contribution in [0.1, 0.15) is 55.2 Å². The molecule has 0 bridgehead atoms. The molecule has 1 aliphatic carbocycles. The van der Waals surface area contributed by atoms with Gasteiger partial charge in [0.25, 0.3) is 11.8 Å². The molecule has 1 aromatic heterocycles. The summed E-state index contributed by atoms with van der Waals surface area (Å²) in [6.45, 7) is 5.89. The highest BCUT2D eigenvalue weighted by atomic mass is 32.1. The number of thiophene rings is 1. The van der Waals surface area contributed by atoms with Gasteiger partial charge in [0.2, 0.25) is 0 Å². The van der Waals surface area contributed by atoms with Gasteiger partial charge in [0, 0.05) is 52.4 Å². The molecule has 2 atom stereocenters. The van der Waals surface area contributed by atoms with Gasteiger partial charge in [0.05, 0.1) is 6.61 Å². The Labute approximate surface area is 302 Å². The number of piperidine rings is 1. The number of carbonyl (C=O) groups excluding carboxylic acids is 2. The molecule has 0 unspecified atom stereocenters. The van der Waals surface area contributed by atoms with E-state index >= 15 is 0 Å². The molecule has 52 heavy (non-hydrogen) atoms. The molecule has 3 heterocycles. The number of amides is 2. The van der Waals surface area contributed by atoms with E-state index < -0.39 is 29.1 Å². The predicted octanol–water partition coefficient (Wildman–Crippen LogP) is 8.21. The van der Waals surface area contributed by atoms with Crippen molar-refractivity contribution in [2.24, 2.45) is 16.6 Å². The van der Waals surface area contributed by atoms with Gasteiger partial charge < -0.3 is 25.0 Å². The van der Waals surface area contributed by atoms with Crippen LogP contribution in [0.15, 0.2) is 71.7 Å². The van der Waals surface area contributed by atoms with Crippen LogP contribution >= 0.6 is 11.3 Å². The van der Waals surface area contributed by atoms with Crippen LogP contribution in [0.4, 0.5) is 28.9 Å². The van der Waals surface area contributed by atoms with E-state index in [4.69, 9.17) is 10.5 Å². The fraction of sp³-hybridized carbons (Fsp3) is 0.359. The van der Waals surface area contributed by atoms with Crippen LogP contribution in [0.2, 0.25) is 0 Å². The Morgan fingerprint density at radius 3 is 2.48 bits per heavy atom. The topological polar surface area (TPSA) is 97.5 Å². The molecule has 8 nitrogen and oxygen atoms in total. The smallest absolute Gasteiger partial charge is 0.406 e. The average molecular weight is 735 g/mol. The highest BCUT2D eigenvalue weighted by molar-refractivity contribution is 7.13. The van der Waals surface area contributed by atoms with Crippen molar-refractivity contribution < 1.29 is 36.6 Å². The maximum atomic E-state index is 13.9. The van der Waals surface area contributed by atoms with Crippen LogP contribution in [0.3, 0.4) is 0 Å². The Morgan fingerprint density at radius 1 is 1.00 bits per heavy atom. The van der Waals surface area contributed by atoms with Gasteiger partial charge in [-0.2, -0.15) is 9.38 Å². The van der Waals surface area contributed by atoms with E-state index in [1.807, 2.05) is 12.1 Å². The first kappa shape index (κ1) is 35.6. The standard InChI is InChI=1S/C39H38F4N4O4S/c1-22-17-27(47-15-16-50-21-36(47)48)6-9-29(22)25-5-8-30(24-3-4-24)33(19-25)46-14-13-26(18-23(46)2)38(49)45-37(44)31-10-7-28(51-39(41,42)43)20-32(31)34-11-12-35(40)52-34/h5-12,17,19-20,23-24,26H,3-4,13-16,18,21H2,1-2H3,(H2,44,45,49)/t23-,26-/m0/s1. The lowest BCUT2D eigenvalue weighted by Gasteiger charge is -2.39. The fourth-order valence-corrected chi connectivity index (χ4v) is 8.02. The normalized spacial score (nSPS) is 20.0. The zero-order valence-corrected chi connectivity index (χ0v) is 29.5. The minimum atomic E-state index is -4.92. The summed E-state index contributed by atoms with van der Waals surface area (Å²) in [4.78, 5) is 34.7. The quantitative estimate of drug-likeness (QED) is 0.111. The Hall–Kier alpha value is -4.75. The number of aryl methyl sites for hydroxylation is 1. The molecule has 3 fully saturated rings. The van der Waals surface area contributed by atoms with Crippen molar-refractivity contribution in [3.05, 3.63) is 88.6 Å². The second-order valence-corrected chi connectivity index (χ2v) is 14.6. The highest BCUT2D eigenvalue weighted by Crippen LogP contribution is 2.47. The van der Waals surface area contributed by atoms with Crippen molar-refractivity contribution in [2.75, 3.05) is 36.1 Å². The lowest BCUT2D eigenvalue weighted by molar-refractivity contribution is -0.274. The zero-order valence-electron chi connectivity index (χ0n) is 28.7. The van der Waals surface area contributed by atoms with Gasteiger partial charge in [-0.05, 0) is 116 Å². The molecule has 2 saturated heterocycles. The Kier molecular flexibility index (Phi) is 9.83. The van der Waals surface area contributed by atoms with Crippen molar-refractivity contribution in [3.63, 3.8) is 0 Å². The number of amidine groups is 1. The Morgan fingerprint density at radius 2 is 1.81 bits per heavy atom. The zero-order chi connectivity index (χ0) is 36.7. The van der Waals surface area contributed by atoms with E-state index in [2.05, 4.69) is 52.7 Å². The van der Waals surface area contributed by atoms with E-state index in [0.717, 1.165) is 64.4 Å². The van der Waals surface area contributed by atoms with E-state index in [1.54, 1.807) is 4.90 Å². The van der Waals surface area contributed by atoms with E-state index in [-0.39, 0.29) is 35.5 Å². The summed E-state index contributed by atoms with van der Waals surface area (Å²) in [5, 5.41) is -0.527. The number of hydrogen-bond donors (Lipinski definition) is 1. The van der Waals surface area contributed by atoms with Crippen molar-refractivity contribution in [3.8, 4) is 27.3 Å². The average Bonchev–Trinajstić information content (AvgIpc) is 3.86. The summed E-state index contributed by atoms with van der Waals surface area (Å²) < 4.78 is 62.2. The van der Waals surface area contributed by atoms with Crippen LogP contribution < -0.4 is 20.3 Å². The number of aliphatic imine (C=N–C) groups is 1. The summed E-state index contributed by atoms with van der Waals surface area (Å²) in [6, 6.07) is 18.9. The van der Waals surface area contributed by atoms with Gasteiger partial charge in [0.15, 0.2) is 5.13 Å². The third-order valence-electron chi connectivity index (χ3n) is 9.97. The molecule has 7 rings (SSSR count). The highest BCUT2D eigenvalue weighted by Gasteiger charge is 2.35. The molecule has 3 aromatic carbocycles. The van der Waals surface area contributed by atoms with Gasteiger partial charge in [-0.25, -0.2) is 0 Å². The fourth-order valence-electron chi connectivity index (χ4n) is 7.26. The first-order valence-corrected chi connectivity index (χ1v) is 18.1. The Balaban J connectivity index is 1.10. The van der Waals surface area contributed by atoms with E-state index in [1.165, 1.54) is 23.8 Å². The minimum Gasteiger partial charge on any atom is -0.406 e. The second kappa shape index (κ2) is 14.3. The molecule has 2 amide bonds. The lowest BCUT2D eigenvalue weighted by atomic mass is 9.89. The summed E-state index contributed by atoms with van der Waals surface area (Å²) in [5.74, 6) is -1.03. The maximum Gasteiger partial charge on any atom is 0.573 e. The predicted molar refractivity (Wildman–Crippen MR) is 193 cm³/mol. The molecule has 2 aliphatic heterocycles. The van der Waals surface area contributed by atoms with Crippen LogP contribution in [0, 0.1) is 18.0 Å². The molecule has 4 aromatic rings. The van der Waals surface area contributed by atoms with Gasteiger partial charge in [-0.3, -0.25) is 9.59 Å². The van der Waals surface area contributed by atoms with Gasteiger partial charge >= 0.3 is 6.36 Å². The molecular formula is C39H38F4N4O4S. The van der Waals surface area contributed by atoms with Crippen LogP contribution in [0.25, 0.3) is 21.6 Å². The molecule has 2 N–H and O–H groups in total. The minimum absolute atomic E-state index is 0.00568. The van der Waals surface area contributed by atoms with Gasteiger partial charge in [-0.1, -0.05) is 18.2 Å². The number of carbonyl (C=O) groups is 2. The summed E-state index contributed by atoms with van der Waals surface area (Å²) in [7, 11) is 0. The molecule has 272 valence electrons. The molecule has 1 saturated carbocycles. The van der Waals surface area contributed by atoms with Crippen molar-refractivity contribution in [1.29, 1.82) is 0 Å². The number of halogens is 4. The molecule has 0 spiro atoms. The number of rotatable bonds is 8. The van der Waals surface area contributed by atoms with Crippen LogP contribution in [0.5, 0.6) is 5.75 Å². The van der Waals surface area contributed by atoms with Crippen molar-refractivity contribution in [1.82, 2.24) is 0 Å². The molecular weight excluding hydrogens is 697 g/mol. The summed E-state index contributed by atoms with van der Waals surface area (Å²) in [6.07, 6.45) is -1.58. The van der Waals surface area contributed by atoms with Gasteiger partial charge in [0.1, 0.15) is 18.2 Å². The first-order valence-electron chi connectivity index (χ1n) is 17.3. The number of hydrogen-bond acceptors (Lipinski definition) is 6. The number of morpholine rings is 1. The third-order valence-corrected chi connectivity index (χ3v) is 10.9. The van der Waals surface area contributed by atoms with Crippen LogP contribution in [-0.4, -0.2) is 56.4 Å². The molecule has 13 heteroatoms.